The predicted octanol–water partition coefficient (Wildman–Crippen LogP) is 3.93. The number of phenols is 1. The van der Waals surface area contributed by atoms with Crippen molar-refractivity contribution >= 4 is 5.78 Å². The van der Waals surface area contributed by atoms with Crippen LogP contribution in [0.4, 0.5) is 0 Å². The molecule has 2 fully saturated rings. The zero-order valence-corrected chi connectivity index (χ0v) is 17.4. The second-order valence-corrected chi connectivity index (χ2v) is 9.38. The molecule has 4 nitrogen and oxygen atoms in total. The topological polar surface area (TPSA) is 49.8 Å². The number of hydrogen-bond acceptors (Lipinski definition) is 4. The molecule has 2 saturated carbocycles. The highest BCUT2D eigenvalue weighted by Crippen LogP contribution is 2.61. The van der Waals surface area contributed by atoms with Crippen molar-refractivity contribution in [2.45, 2.75) is 44.9 Å². The van der Waals surface area contributed by atoms with Crippen LogP contribution in [0.5, 0.6) is 5.75 Å². The van der Waals surface area contributed by atoms with E-state index in [1.807, 2.05) is 12.1 Å². The molecule has 0 saturated heterocycles. The number of nitrogens with zero attached hydrogens (tertiary/aromatic N) is 1. The summed E-state index contributed by atoms with van der Waals surface area (Å²) in [6, 6.07) is 5.87. The number of carbonyl (C=O) groups excluding carboxylic acids is 1. The summed E-state index contributed by atoms with van der Waals surface area (Å²) >= 11 is 0. The number of benzene rings is 1. The number of fused-ring (bicyclic) bond motifs is 5. The van der Waals surface area contributed by atoms with Crippen LogP contribution in [0.25, 0.3) is 0 Å². The molecule has 28 heavy (non-hydrogen) atoms. The van der Waals surface area contributed by atoms with Gasteiger partial charge in [0.15, 0.2) is 0 Å². The molecule has 152 valence electrons. The minimum Gasteiger partial charge on any atom is -0.508 e. The molecule has 1 N–H and O–H groups in total. The van der Waals surface area contributed by atoms with Gasteiger partial charge in [-0.05, 0) is 74.9 Å². The van der Waals surface area contributed by atoms with Crippen molar-refractivity contribution < 1.29 is 14.6 Å². The van der Waals surface area contributed by atoms with Gasteiger partial charge < -0.3 is 14.7 Å². The first kappa shape index (κ1) is 19.7. The van der Waals surface area contributed by atoms with Crippen LogP contribution >= 0.6 is 0 Å². The lowest BCUT2D eigenvalue weighted by Gasteiger charge is -2.49. The molecule has 3 aliphatic rings. The average molecular weight is 384 g/mol. The number of aromatic hydroxyl groups is 1. The van der Waals surface area contributed by atoms with Crippen LogP contribution in [0.2, 0.25) is 0 Å². The van der Waals surface area contributed by atoms with Crippen molar-refractivity contribution in [3.8, 4) is 5.75 Å². The normalized spacial score (nSPS) is 33.1. The summed E-state index contributed by atoms with van der Waals surface area (Å²) in [6.45, 7) is 4.44. The summed E-state index contributed by atoms with van der Waals surface area (Å²) in [6.07, 6.45) is 6.99. The summed E-state index contributed by atoms with van der Waals surface area (Å²) in [5.41, 5.74) is 3.80. The molecular weight excluding hydrogens is 350 g/mol. The minimum atomic E-state index is -0.203. The largest absolute Gasteiger partial charge is 0.508 e. The quantitative estimate of drug-likeness (QED) is 0.618. The maximum absolute atomic E-state index is 12.8. The van der Waals surface area contributed by atoms with Crippen LogP contribution in [0.15, 0.2) is 29.8 Å². The van der Waals surface area contributed by atoms with E-state index < -0.39 is 0 Å². The second kappa shape index (κ2) is 7.64. The molecular formula is C24H33NO3. The number of ketones is 1. The smallest absolute Gasteiger partial charge is 0.139 e. The fraction of sp³-hybridized carbons (Fsp3) is 0.625. The van der Waals surface area contributed by atoms with Crippen LogP contribution in [-0.2, 0) is 16.0 Å². The van der Waals surface area contributed by atoms with E-state index in [4.69, 9.17) is 4.74 Å². The number of allylic oxidation sites excluding steroid dienone is 1. The molecule has 0 aliphatic heterocycles. The van der Waals surface area contributed by atoms with Crippen LogP contribution in [0.3, 0.4) is 0 Å². The molecule has 0 unspecified atom stereocenters. The van der Waals surface area contributed by atoms with Gasteiger partial charge in [0.2, 0.25) is 0 Å². The van der Waals surface area contributed by atoms with Gasteiger partial charge in [-0.2, -0.15) is 0 Å². The van der Waals surface area contributed by atoms with Gasteiger partial charge in [0.1, 0.15) is 11.5 Å². The third kappa shape index (κ3) is 3.42. The standard InChI is InChI=1S/C24H33NO3/c1-24-15-17(10-12-28-13-11-25(2)3)23-19-7-5-18(26)14-16(19)4-6-20(23)21(24)8-9-22(24)27/h5,7,10,14,20-21,23,26H,4,6,8-9,11-13,15H2,1-3H3/b17-10+/t20-,21-,23+,24-/m0/s1. The van der Waals surface area contributed by atoms with E-state index in [1.165, 1.54) is 16.7 Å². The maximum Gasteiger partial charge on any atom is 0.139 e. The fourth-order valence-corrected chi connectivity index (χ4v) is 5.98. The molecule has 4 rings (SSSR count). The first-order valence-electron chi connectivity index (χ1n) is 10.7. The summed E-state index contributed by atoms with van der Waals surface area (Å²) in [4.78, 5) is 14.9. The lowest BCUT2D eigenvalue weighted by molar-refractivity contribution is -0.128. The van der Waals surface area contributed by atoms with Crippen molar-refractivity contribution in [3.05, 3.63) is 41.0 Å². The van der Waals surface area contributed by atoms with Crippen molar-refractivity contribution in [1.29, 1.82) is 0 Å². The van der Waals surface area contributed by atoms with E-state index in [2.05, 4.69) is 38.1 Å². The Labute approximate surface area is 168 Å². The number of aryl methyl sites for hydroxylation is 1. The average Bonchev–Trinajstić information content (AvgIpc) is 2.95. The Morgan fingerprint density at radius 3 is 2.89 bits per heavy atom. The highest BCUT2D eigenvalue weighted by Gasteiger charge is 2.56. The van der Waals surface area contributed by atoms with Gasteiger partial charge in [-0.15, -0.1) is 0 Å². The Morgan fingerprint density at radius 1 is 1.29 bits per heavy atom. The zero-order valence-electron chi connectivity index (χ0n) is 17.4. The monoisotopic (exact) mass is 383 g/mol. The van der Waals surface area contributed by atoms with Crippen molar-refractivity contribution in [3.63, 3.8) is 0 Å². The van der Waals surface area contributed by atoms with Gasteiger partial charge >= 0.3 is 0 Å². The Morgan fingerprint density at radius 2 is 2.11 bits per heavy atom. The highest BCUT2D eigenvalue weighted by molar-refractivity contribution is 5.87. The van der Waals surface area contributed by atoms with Gasteiger partial charge in [0.05, 0.1) is 13.2 Å². The number of Topliss-reactive ketones (excluding diaryl/α,β-unsaturated/α-hetero) is 1. The van der Waals surface area contributed by atoms with E-state index in [1.54, 1.807) is 0 Å². The summed E-state index contributed by atoms with van der Waals surface area (Å²) in [5.74, 6) is 2.18. The molecule has 4 atom stereocenters. The first-order valence-corrected chi connectivity index (χ1v) is 10.7. The van der Waals surface area contributed by atoms with Crippen molar-refractivity contribution in [1.82, 2.24) is 4.90 Å². The third-order valence-corrected chi connectivity index (χ3v) is 7.41. The molecule has 0 bridgehead atoms. The van der Waals surface area contributed by atoms with E-state index in [0.29, 0.717) is 42.5 Å². The molecule has 0 amide bonds. The fourth-order valence-electron chi connectivity index (χ4n) is 5.98. The summed E-state index contributed by atoms with van der Waals surface area (Å²) in [7, 11) is 4.10. The number of likely N-dealkylation sites (N-methyl/N-ethyl adjacent to an activating group) is 1. The molecule has 1 aromatic carbocycles. The molecule has 0 heterocycles. The third-order valence-electron chi connectivity index (χ3n) is 7.41. The molecule has 0 aromatic heterocycles. The molecule has 4 heteroatoms. The Bertz CT molecular complexity index is 784. The Hall–Kier alpha value is -1.65. The SMILES string of the molecule is CN(C)CCOC/C=C1\C[C@]2(C)C(=O)CC[C@H]2[C@@H]2CCc3cc(O)ccc3[C@@H]12. The molecule has 0 spiro atoms. The Balaban J connectivity index is 1.64. The maximum atomic E-state index is 12.8. The second-order valence-electron chi connectivity index (χ2n) is 9.38. The molecule has 1 aromatic rings. The number of hydrogen-bond donors (Lipinski definition) is 1. The molecule has 0 radical (unpaired) electrons. The lowest BCUT2D eigenvalue weighted by Crippen LogP contribution is -2.43. The van der Waals surface area contributed by atoms with Crippen LogP contribution < -0.4 is 0 Å². The van der Waals surface area contributed by atoms with Gasteiger partial charge in [-0.3, -0.25) is 4.79 Å². The van der Waals surface area contributed by atoms with E-state index in [9.17, 15) is 9.90 Å². The number of rotatable bonds is 5. The van der Waals surface area contributed by atoms with Crippen LogP contribution in [-0.4, -0.2) is 49.6 Å². The van der Waals surface area contributed by atoms with Gasteiger partial charge in [-0.1, -0.05) is 24.6 Å². The minimum absolute atomic E-state index is 0.203. The van der Waals surface area contributed by atoms with E-state index in [-0.39, 0.29) is 5.41 Å². The van der Waals surface area contributed by atoms with Gasteiger partial charge in [0, 0.05) is 24.3 Å². The predicted molar refractivity (Wildman–Crippen MR) is 111 cm³/mol. The van der Waals surface area contributed by atoms with Gasteiger partial charge in [0.25, 0.3) is 0 Å². The van der Waals surface area contributed by atoms with E-state index >= 15 is 0 Å². The van der Waals surface area contributed by atoms with Gasteiger partial charge in [-0.25, -0.2) is 0 Å². The van der Waals surface area contributed by atoms with Crippen molar-refractivity contribution in [2.24, 2.45) is 17.3 Å². The van der Waals surface area contributed by atoms with Crippen molar-refractivity contribution in [2.75, 3.05) is 33.9 Å². The zero-order chi connectivity index (χ0) is 19.9. The van der Waals surface area contributed by atoms with E-state index in [0.717, 1.165) is 38.6 Å². The lowest BCUT2D eigenvalue weighted by atomic mass is 9.54. The number of ether oxygens (including phenoxy) is 1. The Kier molecular flexibility index (Phi) is 5.36. The number of phenolic OH excluding ortho intramolecular Hbond substituents is 1. The highest BCUT2D eigenvalue weighted by atomic mass is 16.5. The van der Waals surface area contributed by atoms with Crippen LogP contribution in [0, 0.1) is 17.3 Å². The summed E-state index contributed by atoms with van der Waals surface area (Å²) in [5, 5.41) is 9.94. The number of carbonyl (C=O) groups is 1. The molecule has 3 aliphatic carbocycles. The van der Waals surface area contributed by atoms with Crippen LogP contribution in [0.1, 0.15) is 49.7 Å². The summed E-state index contributed by atoms with van der Waals surface area (Å²) < 4.78 is 5.86. The first-order chi connectivity index (χ1) is 13.4.